The van der Waals surface area contributed by atoms with Crippen LogP contribution in [0.15, 0.2) is 35.5 Å². The smallest absolute Gasteiger partial charge is 0.264 e. The van der Waals surface area contributed by atoms with E-state index in [4.69, 9.17) is 5.73 Å². The van der Waals surface area contributed by atoms with E-state index < -0.39 is 10.0 Å². The normalized spacial score (nSPS) is 11.4. The molecule has 0 bridgehead atoms. The van der Waals surface area contributed by atoms with Crippen molar-refractivity contribution in [2.75, 3.05) is 4.72 Å². The molecule has 1 aromatic heterocycles. The predicted octanol–water partition coefficient (Wildman–Crippen LogP) is 0.978. The van der Waals surface area contributed by atoms with Gasteiger partial charge in [0.2, 0.25) is 5.95 Å². The van der Waals surface area contributed by atoms with Crippen LogP contribution in [0.4, 0.5) is 5.95 Å². The molecule has 0 spiro atoms. The number of aromatic amines is 1. The second kappa shape index (κ2) is 4.79. The summed E-state index contributed by atoms with van der Waals surface area (Å²) in [7, 11) is -3.62. The van der Waals surface area contributed by atoms with Gasteiger partial charge in [0, 0.05) is 18.9 Å². The fourth-order valence-corrected chi connectivity index (χ4v) is 2.85. The van der Waals surface area contributed by atoms with Gasteiger partial charge in [-0.25, -0.2) is 18.1 Å². The molecule has 6 nitrogen and oxygen atoms in total. The van der Waals surface area contributed by atoms with Gasteiger partial charge < -0.3 is 10.7 Å². The maximum atomic E-state index is 12.1. The molecule has 0 atom stereocenters. The minimum Gasteiger partial charge on any atom is -0.330 e. The van der Waals surface area contributed by atoms with E-state index in [1.807, 2.05) is 0 Å². The molecule has 0 amide bonds. The minimum absolute atomic E-state index is 0.192. The van der Waals surface area contributed by atoms with Gasteiger partial charge in [0.05, 0.1) is 4.90 Å². The zero-order valence-corrected chi connectivity index (χ0v) is 10.7. The van der Waals surface area contributed by atoms with Gasteiger partial charge in [-0.3, -0.25) is 0 Å². The largest absolute Gasteiger partial charge is 0.330 e. The van der Waals surface area contributed by atoms with E-state index in [1.54, 1.807) is 31.3 Å². The van der Waals surface area contributed by atoms with Crippen molar-refractivity contribution in [3.8, 4) is 0 Å². The number of hydrogen-bond acceptors (Lipinski definition) is 4. The molecule has 2 rings (SSSR count). The third-order valence-corrected chi connectivity index (χ3v) is 3.99. The van der Waals surface area contributed by atoms with Gasteiger partial charge in [0.15, 0.2) is 0 Å². The lowest BCUT2D eigenvalue weighted by molar-refractivity contribution is 0.600. The summed E-state index contributed by atoms with van der Waals surface area (Å²) in [6.45, 7) is 2.11. The number of aromatic nitrogens is 2. The van der Waals surface area contributed by atoms with Crippen molar-refractivity contribution in [1.29, 1.82) is 0 Å². The fourth-order valence-electron chi connectivity index (χ4n) is 1.64. The Balaban J connectivity index is 2.35. The molecule has 0 aliphatic carbocycles. The third kappa shape index (κ3) is 2.52. The monoisotopic (exact) mass is 266 g/mol. The van der Waals surface area contributed by atoms with Crippen molar-refractivity contribution in [1.82, 2.24) is 9.97 Å². The number of H-pyrrole nitrogens is 1. The average molecular weight is 266 g/mol. The van der Waals surface area contributed by atoms with Gasteiger partial charge in [-0.2, -0.15) is 0 Å². The molecule has 7 heteroatoms. The Kier molecular flexibility index (Phi) is 3.35. The standard InChI is InChI=1S/C11H14N4O2S/c1-8-6-9(7-12)2-3-10(8)18(16,17)15-11-13-4-5-14-11/h2-6H,7,12H2,1H3,(H2,13,14,15). The topological polar surface area (TPSA) is 101 Å². The third-order valence-electron chi connectivity index (χ3n) is 2.49. The lowest BCUT2D eigenvalue weighted by Crippen LogP contribution is -2.15. The Hall–Kier alpha value is -1.86. The molecule has 0 aliphatic rings. The number of rotatable bonds is 4. The molecular formula is C11H14N4O2S. The Labute approximate surface area is 105 Å². The zero-order valence-electron chi connectivity index (χ0n) is 9.84. The van der Waals surface area contributed by atoms with Crippen LogP contribution in [0.1, 0.15) is 11.1 Å². The number of nitrogens with two attached hydrogens (primary N) is 1. The zero-order chi connectivity index (χ0) is 13.2. The van der Waals surface area contributed by atoms with Gasteiger partial charge >= 0.3 is 0 Å². The molecule has 0 fully saturated rings. The summed E-state index contributed by atoms with van der Waals surface area (Å²) in [6, 6.07) is 5.00. The van der Waals surface area contributed by atoms with Crippen LogP contribution in [0.5, 0.6) is 0 Å². The van der Waals surface area contributed by atoms with Crippen molar-refractivity contribution in [2.24, 2.45) is 5.73 Å². The molecule has 4 N–H and O–H groups in total. The van der Waals surface area contributed by atoms with Crippen molar-refractivity contribution in [2.45, 2.75) is 18.4 Å². The van der Waals surface area contributed by atoms with Crippen LogP contribution in [0, 0.1) is 6.92 Å². The van der Waals surface area contributed by atoms with Crippen molar-refractivity contribution in [3.63, 3.8) is 0 Å². The first-order valence-corrected chi connectivity index (χ1v) is 6.83. The summed E-state index contributed by atoms with van der Waals surface area (Å²) >= 11 is 0. The highest BCUT2D eigenvalue weighted by Gasteiger charge is 2.17. The first-order valence-electron chi connectivity index (χ1n) is 5.35. The van der Waals surface area contributed by atoms with E-state index in [-0.39, 0.29) is 10.8 Å². The minimum atomic E-state index is -3.62. The van der Waals surface area contributed by atoms with Crippen LogP contribution in [0.2, 0.25) is 0 Å². The molecule has 0 saturated heterocycles. The summed E-state index contributed by atoms with van der Waals surface area (Å²) in [6.07, 6.45) is 3.02. The van der Waals surface area contributed by atoms with Crippen LogP contribution in [0.25, 0.3) is 0 Å². The number of hydrogen-bond donors (Lipinski definition) is 3. The van der Waals surface area contributed by atoms with Crippen molar-refractivity contribution < 1.29 is 8.42 Å². The van der Waals surface area contributed by atoms with Crippen LogP contribution in [-0.2, 0) is 16.6 Å². The summed E-state index contributed by atoms with van der Waals surface area (Å²) in [5.74, 6) is 0.192. The number of aryl methyl sites for hydroxylation is 1. The molecule has 0 radical (unpaired) electrons. The SMILES string of the molecule is Cc1cc(CN)ccc1S(=O)(=O)Nc1ncc[nH]1. The van der Waals surface area contributed by atoms with Crippen LogP contribution >= 0.6 is 0 Å². The highest BCUT2D eigenvalue weighted by Crippen LogP contribution is 2.18. The van der Waals surface area contributed by atoms with Gasteiger partial charge in [-0.15, -0.1) is 0 Å². The number of imidazole rings is 1. The lowest BCUT2D eigenvalue weighted by Gasteiger charge is -2.09. The Morgan fingerprint density at radius 2 is 2.22 bits per heavy atom. The lowest BCUT2D eigenvalue weighted by atomic mass is 10.1. The maximum Gasteiger partial charge on any atom is 0.264 e. The number of sulfonamides is 1. The molecule has 1 heterocycles. The second-order valence-corrected chi connectivity index (χ2v) is 5.50. The van der Waals surface area contributed by atoms with Crippen LogP contribution < -0.4 is 10.5 Å². The van der Waals surface area contributed by atoms with E-state index >= 15 is 0 Å². The van der Waals surface area contributed by atoms with E-state index in [9.17, 15) is 8.42 Å². The molecule has 96 valence electrons. The Bertz CT molecular complexity index is 635. The van der Waals surface area contributed by atoms with Crippen LogP contribution in [0.3, 0.4) is 0 Å². The van der Waals surface area contributed by atoms with Gasteiger partial charge in [-0.1, -0.05) is 12.1 Å². The van der Waals surface area contributed by atoms with Gasteiger partial charge in [-0.05, 0) is 24.1 Å². The quantitative estimate of drug-likeness (QED) is 0.767. The Morgan fingerprint density at radius 3 is 2.78 bits per heavy atom. The summed E-state index contributed by atoms with van der Waals surface area (Å²) in [5.41, 5.74) is 7.05. The molecule has 0 aliphatic heterocycles. The number of benzene rings is 1. The number of nitrogens with one attached hydrogen (secondary N) is 2. The van der Waals surface area contributed by atoms with E-state index in [0.717, 1.165) is 5.56 Å². The van der Waals surface area contributed by atoms with Crippen molar-refractivity contribution >= 4 is 16.0 Å². The molecule has 18 heavy (non-hydrogen) atoms. The highest BCUT2D eigenvalue weighted by atomic mass is 32.2. The van der Waals surface area contributed by atoms with E-state index in [0.29, 0.717) is 12.1 Å². The average Bonchev–Trinajstić information content (AvgIpc) is 2.80. The summed E-state index contributed by atoms with van der Waals surface area (Å²) in [4.78, 5) is 6.73. The highest BCUT2D eigenvalue weighted by molar-refractivity contribution is 7.92. The number of anilines is 1. The molecule has 0 saturated carbocycles. The number of nitrogens with zero attached hydrogens (tertiary/aromatic N) is 1. The van der Waals surface area contributed by atoms with E-state index in [1.165, 1.54) is 6.20 Å². The van der Waals surface area contributed by atoms with Gasteiger partial charge in [0.1, 0.15) is 0 Å². The first-order chi connectivity index (χ1) is 8.53. The summed E-state index contributed by atoms with van der Waals surface area (Å²) < 4.78 is 26.6. The maximum absolute atomic E-state index is 12.1. The molecule has 0 unspecified atom stereocenters. The fraction of sp³-hybridized carbons (Fsp3) is 0.182. The molecule has 2 aromatic rings. The Morgan fingerprint density at radius 1 is 1.44 bits per heavy atom. The molecule has 1 aromatic carbocycles. The van der Waals surface area contributed by atoms with E-state index in [2.05, 4.69) is 14.7 Å². The van der Waals surface area contributed by atoms with Crippen molar-refractivity contribution in [3.05, 3.63) is 41.7 Å². The molecular weight excluding hydrogens is 252 g/mol. The second-order valence-electron chi connectivity index (χ2n) is 3.85. The van der Waals surface area contributed by atoms with Crippen LogP contribution in [-0.4, -0.2) is 18.4 Å². The summed E-state index contributed by atoms with van der Waals surface area (Å²) in [5, 5.41) is 0. The predicted molar refractivity (Wildman–Crippen MR) is 68.5 cm³/mol. The first kappa shape index (κ1) is 12.6. The van der Waals surface area contributed by atoms with Gasteiger partial charge in [0.25, 0.3) is 10.0 Å².